The molecule has 212 valence electrons. The van der Waals surface area contributed by atoms with E-state index in [-0.39, 0.29) is 0 Å². The molecule has 0 fully saturated rings. The molecule has 8 aromatic rings. The first kappa shape index (κ1) is 26.5. The summed E-state index contributed by atoms with van der Waals surface area (Å²) in [5.41, 5.74) is 8.88. The van der Waals surface area contributed by atoms with Crippen LogP contribution >= 0.6 is 0 Å². The number of hydrogen-bond donors (Lipinski definition) is 0. The van der Waals surface area contributed by atoms with Gasteiger partial charge in [-0.15, -0.1) is 0 Å². The summed E-state index contributed by atoms with van der Waals surface area (Å²) in [6.07, 6.45) is 3.75. The van der Waals surface area contributed by atoms with E-state index >= 15 is 0 Å². The standard InChI is InChI=1S/C40H27N5/c1-26-16-18-27(19-17-26)30-22-31(37-35-25-41-21-20-33(35)34-14-8-9-15-36(34)42-37)24-32(23-30)40-44-38(28-10-4-2-5-11-28)43-39(45-40)29-12-6-3-7-13-29/h2-25H,1H3. The molecule has 0 saturated heterocycles. The van der Waals surface area contributed by atoms with Crippen LogP contribution < -0.4 is 0 Å². The average molecular weight is 578 g/mol. The molecular formula is C40H27N5. The van der Waals surface area contributed by atoms with Gasteiger partial charge in [0.05, 0.1) is 11.2 Å². The van der Waals surface area contributed by atoms with Gasteiger partial charge in [-0.05, 0) is 53.8 Å². The number of pyridine rings is 2. The van der Waals surface area contributed by atoms with Crippen LogP contribution in [0, 0.1) is 6.92 Å². The van der Waals surface area contributed by atoms with Gasteiger partial charge in [0.1, 0.15) is 0 Å². The maximum Gasteiger partial charge on any atom is 0.164 e. The molecule has 5 aromatic carbocycles. The quantitative estimate of drug-likeness (QED) is 0.191. The highest BCUT2D eigenvalue weighted by Crippen LogP contribution is 2.37. The van der Waals surface area contributed by atoms with Crippen molar-refractivity contribution >= 4 is 21.7 Å². The summed E-state index contributed by atoms with van der Waals surface area (Å²) in [6.45, 7) is 2.10. The first-order valence-electron chi connectivity index (χ1n) is 14.9. The van der Waals surface area contributed by atoms with E-state index in [4.69, 9.17) is 19.9 Å². The maximum absolute atomic E-state index is 5.19. The number of aromatic nitrogens is 5. The molecule has 5 nitrogen and oxygen atoms in total. The summed E-state index contributed by atoms with van der Waals surface area (Å²) in [5, 5.41) is 3.21. The summed E-state index contributed by atoms with van der Waals surface area (Å²) in [6, 6.07) is 45.5. The fraction of sp³-hybridized carbons (Fsp3) is 0.0250. The Labute approximate surface area is 261 Å². The Morgan fingerprint density at radius 1 is 0.400 bits per heavy atom. The van der Waals surface area contributed by atoms with Crippen LogP contribution in [0.15, 0.2) is 146 Å². The molecule has 3 aromatic heterocycles. The molecule has 0 spiro atoms. The van der Waals surface area contributed by atoms with E-state index in [9.17, 15) is 0 Å². The number of rotatable bonds is 5. The third-order valence-corrected chi connectivity index (χ3v) is 8.05. The Morgan fingerprint density at radius 2 is 0.978 bits per heavy atom. The van der Waals surface area contributed by atoms with Crippen LogP contribution in [-0.2, 0) is 0 Å². The van der Waals surface area contributed by atoms with E-state index in [1.54, 1.807) is 0 Å². The smallest absolute Gasteiger partial charge is 0.164 e. The van der Waals surface area contributed by atoms with Crippen molar-refractivity contribution in [3.8, 4) is 56.5 Å². The second-order valence-corrected chi connectivity index (χ2v) is 11.1. The van der Waals surface area contributed by atoms with E-state index in [0.29, 0.717) is 17.5 Å². The number of hydrogen-bond acceptors (Lipinski definition) is 5. The summed E-state index contributed by atoms with van der Waals surface area (Å²) in [5.74, 6) is 1.85. The topological polar surface area (TPSA) is 64.5 Å². The Balaban J connectivity index is 1.41. The molecule has 0 aliphatic rings. The SMILES string of the molecule is Cc1ccc(-c2cc(-c3nc(-c4ccccc4)nc(-c4ccccc4)n3)cc(-c3nc4ccccc4c4ccncc34)c2)cc1. The van der Waals surface area contributed by atoms with Crippen LogP contribution in [0.1, 0.15) is 5.56 Å². The first-order chi connectivity index (χ1) is 22.2. The first-order valence-corrected chi connectivity index (χ1v) is 14.9. The van der Waals surface area contributed by atoms with E-state index in [1.165, 1.54) is 5.56 Å². The molecular weight excluding hydrogens is 550 g/mol. The van der Waals surface area contributed by atoms with Gasteiger partial charge in [0, 0.05) is 45.4 Å². The third kappa shape index (κ3) is 5.11. The summed E-state index contributed by atoms with van der Waals surface area (Å²) in [4.78, 5) is 24.7. The lowest BCUT2D eigenvalue weighted by Gasteiger charge is -2.14. The van der Waals surface area contributed by atoms with Gasteiger partial charge in [-0.25, -0.2) is 19.9 Å². The van der Waals surface area contributed by atoms with E-state index in [2.05, 4.69) is 78.6 Å². The summed E-state index contributed by atoms with van der Waals surface area (Å²) in [7, 11) is 0. The molecule has 0 radical (unpaired) electrons. The van der Waals surface area contributed by atoms with Crippen molar-refractivity contribution in [2.45, 2.75) is 6.92 Å². The monoisotopic (exact) mass is 577 g/mol. The van der Waals surface area contributed by atoms with Gasteiger partial charge in [-0.1, -0.05) is 109 Å². The van der Waals surface area contributed by atoms with Gasteiger partial charge in [0.2, 0.25) is 0 Å². The molecule has 0 amide bonds. The van der Waals surface area contributed by atoms with Gasteiger partial charge in [-0.3, -0.25) is 4.98 Å². The minimum atomic E-state index is 0.598. The lowest BCUT2D eigenvalue weighted by Crippen LogP contribution is -2.00. The highest BCUT2D eigenvalue weighted by atomic mass is 15.0. The van der Waals surface area contributed by atoms with Crippen LogP contribution in [0.3, 0.4) is 0 Å². The second kappa shape index (κ2) is 11.2. The Hall–Kier alpha value is -6.07. The largest absolute Gasteiger partial charge is 0.264 e. The average Bonchev–Trinajstić information content (AvgIpc) is 3.12. The van der Waals surface area contributed by atoms with Crippen molar-refractivity contribution in [1.29, 1.82) is 0 Å². The van der Waals surface area contributed by atoms with Gasteiger partial charge >= 0.3 is 0 Å². The van der Waals surface area contributed by atoms with Crippen LogP contribution in [0.5, 0.6) is 0 Å². The molecule has 45 heavy (non-hydrogen) atoms. The third-order valence-electron chi connectivity index (χ3n) is 8.05. The number of aryl methyl sites for hydroxylation is 1. The van der Waals surface area contributed by atoms with Crippen LogP contribution in [0.25, 0.3) is 78.2 Å². The molecule has 0 saturated carbocycles. The van der Waals surface area contributed by atoms with Crippen molar-refractivity contribution < 1.29 is 0 Å². The normalized spacial score (nSPS) is 11.2. The number of para-hydroxylation sites is 1. The fourth-order valence-corrected chi connectivity index (χ4v) is 5.76. The van der Waals surface area contributed by atoms with Crippen molar-refractivity contribution in [2.24, 2.45) is 0 Å². The lowest BCUT2D eigenvalue weighted by atomic mass is 9.95. The van der Waals surface area contributed by atoms with E-state index < -0.39 is 0 Å². The second-order valence-electron chi connectivity index (χ2n) is 11.1. The van der Waals surface area contributed by atoms with Crippen LogP contribution in [0.4, 0.5) is 0 Å². The van der Waals surface area contributed by atoms with E-state index in [0.717, 1.165) is 60.8 Å². The van der Waals surface area contributed by atoms with Gasteiger partial charge in [0.15, 0.2) is 17.5 Å². The predicted octanol–water partition coefficient (Wildman–Crippen LogP) is 9.61. The number of nitrogens with zero attached hydrogens (tertiary/aromatic N) is 5. The lowest BCUT2D eigenvalue weighted by molar-refractivity contribution is 1.07. The minimum Gasteiger partial charge on any atom is -0.264 e. The van der Waals surface area contributed by atoms with Gasteiger partial charge in [-0.2, -0.15) is 0 Å². The molecule has 3 heterocycles. The molecule has 0 bridgehead atoms. The van der Waals surface area contributed by atoms with Gasteiger partial charge < -0.3 is 0 Å². The van der Waals surface area contributed by atoms with Crippen molar-refractivity contribution in [2.75, 3.05) is 0 Å². The van der Waals surface area contributed by atoms with Crippen LogP contribution in [0.2, 0.25) is 0 Å². The highest BCUT2D eigenvalue weighted by molar-refractivity contribution is 6.10. The Kier molecular flexibility index (Phi) is 6.61. The zero-order chi connectivity index (χ0) is 30.2. The van der Waals surface area contributed by atoms with Crippen molar-refractivity contribution in [3.63, 3.8) is 0 Å². The predicted molar refractivity (Wildman–Crippen MR) is 182 cm³/mol. The van der Waals surface area contributed by atoms with Crippen molar-refractivity contribution in [1.82, 2.24) is 24.9 Å². The molecule has 0 unspecified atom stereocenters. The molecule has 0 atom stereocenters. The number of fused-ring (bicyclic) bond motifs is 3. The molecule has 8 rings (SSSR count). The maximum atomic E-state index is 5.19. The molecule has 0 N–H and O–H groups in total. The van der Waals surface area contributed by atoms with Gasteiger partial charge in [0.25, 0.3) is 0 Å². The zero-order valence-electron chi connectivity index (χ0n) is 24.6. The van der Waals surface area contributed by atoms with E-state index in [1.807, 2.05) is 79.1 Å². The number of benzene rings is 5. The zero-order valence-corrected chi connectivity index (χ0v) is 24.6. The molecule has 5 heteroatoms. The Morgan fingerprint density at radius 3 is 1.67 bits per heavy atom. The minimum absolute atomic E-state index is 0.598. The molecule has 0 aliphatic carbocycles. The highest BCUT2D eigenvalue weighted by Gasteiger charge is 2.17. The summed E-state index contributed by atoms with van der Waals surface area (Å²) >= 11 is 0. The fourth-order valence-electron chi connectivity index (χ4n) is 5.76. The Bertz CT molecular complexity index is 2260. The van der Waals surface area contributed by atoms with Crippen LogP contribution in [-0.4, -0.2) is 24.9 Å². The molecule has 0 aliphatic heterocycles. The van der Waals surface area contributed by atoms with Crippen molar-refractivity contribution in [3.05, 3.63) is 151 Å². The summed E-state index contributed by atoms with van der Waals surface area (Å²) < 4.78 is 0.